The Hall–Kier alpha value is -2.30. The molecule has 3 aromatic rings. The van der Waals surface area contributed by atoms with Gasteiger partial charge in [0.1, 0.15) is 5.75 Å². The van der Waals surface area contributed by atoms with Gasteiger partial charge in [0.15, 0.2) is 0 Å². The third-order valence-electron chi connectivity index (χ3n) is 5.94. The van der Waals surface area contributed by atoms with Crippen LogP contribution < -0.4 is 4.74 Å². The van der Waals surface area contributed by atoms with Crippen molar-refractivity contribution in [3.8, 4) is 5.75 Å². The highest BCUT2D eigenvalue weighted by molar-refractivity contribution is 5.88. The summed E-state index contributed by atoms with van der Waals surface area (Å²) in [5.41, 5.74) is 5.05. The molecule has 1 saturated heterocycles. The number of benzene rings is 2. The van der Waals surface area contributed by atoms with Crippen molar-refractivity contribution in [3.63, 3.8) is 0 Å². The third kappa shape index (κ3) is 3.67. The number of aryl methyl sites for hydroxylation is 1. The zero-order valence-corrected chi connectivity index (χ0v) is 17.1. The first-order valence-corrected chi connectivity index (χ1v) is 10.3. The molecule has 0 saturated carbocycles. The lowest BCUT2D eigenvalue weighted by molar-refractivity contribution is -0.0138. The molecule has 0 amide bonds. The fourth-order valence-corrected chi connectivity index (χ4v) is 4.56. The van der Waals surface area contributed by atoms with Crippen molar-refractivity contribution in [1.29, 1.82) is 0 Å². The molecule has 2 atom stereocenters. The summed E-state index contributed by atoms with van der Waals surface area (Å²) in [5.74, 6) is 0.975. The topological polar surface area (TPSA) is 37.5 Å². The van der Waals surface area contributed by atoms with Gasteiger partial charge in [-0.25, -0.2) is 0 Å². The summed E-state index contributed by atoms with van der Waals surface area (Å²) in [6.07, 6.45) is 4.46. The number of hydrogen-bond acceptors (Lipinski definition) is 3. The number of aromatic nitrogens is 1. The first kappa shape index (κ1) is 19.0. The lowest BCUT2D eigenvalue weighted by Gasteiger charge is -2.40. The second kappa shape index (κ2) is 8.38. The number of piperidine rings is 1. The molecule has 4 nitrogen and oxygen atoms in total. The van der Waals surface area contributed by atoms with Gasteiger partial charge in [0.2, 0.25) is 0 Å². The van der Waals surface area contributed by atoms with E-state index in [1.165, 1.54) is 27.6 Å². The second-order valence-electron chi connectivity index (χ2n) is 7.64. The van der Waals surface area contributed by atoms with Crippen molar-refractivity contribution in [2.24, 2.45) is 0 Å². The van der Waals surface area contributed by atoms with Crippen LogP contribution in [0.5, 0.6) is 5.75 Å². The minimum absolute atomic E-state index is 0.332. The summed E-state index contributed by atoms with van der Waals surface area (Å²) in [4.78, 5) is 5.98. The number of likely N-dealkylation sites (tertiary alicyclic amines) is 1. The van der Waals surface area contributed by atoms with E-state index in [9.17, 15) is 0 Å². The molecular formula is C24H30N2O2. The Kier molecular flexibility index (Phi) is 5.69. The summed E-state index contributed by atoms with van der Waals surface area (Å²) in [6, 6.07) is 15.5. The highest BCUT2D eigenvalue weighted by Crippen LogP contribution is 2.37. The number of fused-ring (bicyclic) bond motifs is 1. The molecule has 1 aliphatic heterocycles. The number of nitrogens with one attached hydrogen (secondary N) is 1. The Balaban J connectivity index is 1.69. The largest absolute Gasteiger partial charge is 0.496 e. The first-order valence-electron chi connectivity index (χ1n) is 10.3. The van der Waals surface area contributed by atoms with E-state index in [0.717, 1.165) is 38.3 Å². The summed E-state index contributed by atoms with van der Waals surface area (Å²) < 4.78 is 11.8. The van der Waals surface area contributed by atoms with Crippen LogP contribution >= 0.6 is 0 Å². The standard InChI is InChI=1S/C24H30N2O2/c1-4-28-19-11-13-26(22(15-19)18-8-6-5-7-9-18)16-21-20-10-12-25-24(20)17(2)14-23(21)27-3/h5-10,12,14,19,22,25H,4,11,13,15-16H2,1-3H3/t19-,22-/m0/s1. The molecule has 4 rings (SSSR count). The molecule has 0 unspecified atom stereocenters. The molecule has 2 aromatic carbocycles. The monoisotopic (exact) mass is 378 g/mol. The van der Waals surface area contributed by atoms with E-state index in [0.29, 0.717) is 12.1 Å². The second-order valence-corrected chi connectivity index (χ2v) is 7.64. The number of aromatic amines is 1. The molecule has 0 bridgehead atoms. The van der Waals surface area contributed by atoms with Crippen LogP contribution in [0.25, 0.3) is 10.9 Å². The Labute approximate surface area is 167 Å². The molecular weight excluding hydrogens is 348 g/mol. The van der Waals surface area contributed by atoms with Crippen molar-refractivity contribution in [3.05, 3.63) is 65.4 Å². The molecule has 0 aliphatic carbocycles. The maximum Gasteiger partial charge on any atom is 0.124 e. The van der Waals surface area contributed by atoms with Gasteiger partial charge < -0.3 is 14.5 Å². The maximum atomic E-state index is 6.00. The number of nitrogens with zero attached hydrogens (tertiary/aromatic N) is 1. The summed E-state index contributed by atoms with van der Waals surface area (Å²) in [7, 11) is 1.77. The smallest absolute Gasteiger partial charge is 0.124 e. The Bertz CT molecular complexity index is 919. The van der Waals surface area contributed by atoms with Crippen molar-refractivity contribution >= 4 is 10.9 Å². The van der Waals surface area contributed by atoms with Gasteiger partial charge in [-0.2, -0.15) is 0 Å². The number of rotatable bonds is 6. The van der Waals surface area contributed by atoms with Crippen molar-refractivity contribution in [1.82, 2.24) is 9.88 Å². The highest BCUT2D eigenvalue weighted by Gasteiger charge is 2.31. The van der Waals surface area contributed by atoms with E-state index in [2.05, 4.69) is 66.2 Å². The van der Waals surface area contributed by atoms with E-state index >= 15 is 0 Å². The summed E-state index contributed by atoms with van der Waals surface area (Å²) in [5, 5.41) is 1.26. The van der Waals surface area contributed by atoms with E-state index in [-0.39, 0.29) is 0 Å². The van der Waals surface area contributed by atoms with Gasteiger partial charge in [-0.3, -0.25) is 4.90 Å². The average molecular weight is 379 g/mol. The third-order valence-corrected chi connectivity index (χ3v) is 5.94. The van der Waals surface area contributed by atoms with Crippen LogP contribution in [0.3, 0.4) is 0 Å². The molecule has 1 aliphatic rings. The first-order chi connectivity index (χ1) is 13.7. The summed E-state index contributed by atoms with van der Waals surface area (Å²) >= 11 is 0. The molecule has 4 heteroatoms. The van der Waals surface area contributed by atoms with Crippen molar-refractivity contribution in [2.45, 2.75) is 45.4 Å². The van der Waals surface area contributed by atoms with Gasteiger partial charge in [-0.05, 0) is 49.9 Å². The van der Waals surface area contributed by atoms with Gasteiger partial charge in [0, 0.05) is 48.4 Å². The Morgan fingerprint density at radius 2 is 2.00 bits per heavy atom. The van der Waals surface area contributed by atoms with Gasteiger partial charge in [0.05, 0.1) is 13.2 Å². The molecule has 0 radical (unpaired) electrons. The fourth-order valence-electron chi connectivity index (χ4n) is 4.56. The quantitative estimate of drug-likeness (QED) is 0.638. The minimum atomic E-state index is 0.332. The number of methoxy groups -OCH3 is 1. The zero-order valence-electron chi connectivity index (χ0n) is 17.1. The molecule has 28 heavy (non-hydrogen) atoms. The predicted molar refractivity (Wildman–Crippen MR) is 114 cm³/mol. The van der Waals surface area contributed by atoms with Gasteiger partial charge >= 0.3 is 0 Å². The van der Waals surface area contributed by atoms with Crippen LogP contribution in [0.2, 0.25) is 0 Å². The van der Waals surface area contributed by atoms with Crippen LogP contribution in [0, 0.1) is 6.92 Å². The predicted octanol–water partition coefficient (Wildman–Crippen LogP) is 5.23. The Morgan fingerprint density at radius 1 is 1.18 bits per heavy atom. The van der Waals surface area contributed by atoms with Crippen LogP contribution in [0.1, 0.15) is 42.5 Å². The molecule has 1 aromatic heterocycles. The molecule has 0 spiro atoms. The lowest BCUT2D eigenvalue weighted by Crippen LogP contribution is -2.39. The number of ether oxygens (including phenoxy) is 2. The number of H-pyrrole nitrogens is 1. The van der Waals surface area contributed by atoms with Crippen LogP contribution in [-0.2, 0) is 11.3 Å². The van der Waals surface area contributed by atoms with Crippen LogP contribution in [0.4, 0.5) is 0 Å². The fraction of sp³-hybridized carbons (Fsp3) is 0.417. The molecule has 1 fully saturated rings. The van der Waals surface area contributed by atoms with E-state index in [1.807, 2.05) is 6.20 Å². The highest BCUT2D eigenvalue weighted by atomic mass is 16.5. The van der Waals surface area contributed by atoms with Crippen molar-refractivity contribution in [2.75, 3.05) is 20.3 Å². The number of hydrogen-bond donors (Lipinski definition) is 1. The van der Waals surface area contributed by atoms with Crippen LogP contribution in [-0.4, -0.2) is 36.2 Å². The van der Waals surface area contributed by atoms with E-state index in [1.54, 1.807) is 7.11 Å². The molecule has 1 N–H and O–H groups in total. The average Bonchev–Trinajstić information content (AvgIpc) is 3.22. The maximum absolute atomic E-state index is 6.00. The Morgan fingerprint density at radius 3 is 2.75 bits per heavy atom. The van der Waals surface area contributed by atoms with Gasteiger partial charge in [-0.1, -0.05) is 30.3 Å². The lowest BCUT2D eigenvalue weighted by atomic mass is 9.92. The summed E-state index contributed by atoms with van der Waals surface area (Å²) in [6.45, 7) is 6.89. The SMILES string of the molecule is CCO[C@H]1CCN(Cc2c(OC)cc(C)c3[nH]ccc23)[C@H](c2ccccc2)C1. The van der Waals surface area contributed by atoms with Gasteiger partial charge in [0.25, 0.3) is 0 Å². The van der Waals surface area contributed by atoms with E-state index in [4.69, 9.17) is 9.47 Å². The minimum Gasteiger partial charge on any atom is -0.496 e. The molecule has 148 valence electrons. The van der Waals surface area contributed by atoms with Crippen LogP contribution in [0.15, 0.2) is 48.7 Å². The normalized spacial score (nSPS) is 20.5. The van der Waals surface area contributed by atoms with Gasteiger partial charge in [-0.15, -0.1) is 0 Å². The van der Waals surface area contributed by atoms with Crippen molar-refractivity contribution < 1.29 is 9.47 Å². The zero-order chi connectivity index (χ0) is 19.5. The van der Waals surface area contributed by atoms with E-state index < -0.39 is 0 Å². The molecule has 2 heterocycles.